The summed E-state index contributed by atoms with van der Waals surface area (Å²) in [5.74, 6) is 1.52. The lowest BCUT2D eigenvalue weighted by Crippen LogP contribution is -2.45. The number of nitrogens with one attached hydrogen (secondary N) is 2. The highest BCUT2D eigenvalue weighted by atomic mass is 16.6. The third-order valence-electron chi connectivity index (χ3n) is 4.82. The van der Waals surface area contributed by atoms with Gasteiger partial charge in [0.05, 0.1) is 17.4 Å². The van der Waals surface area contributed by atoms with E-state index >= 15 is 0 Å². The van der Waals surface area contributed by atoms with Crippen LogP contribution >= 0.6 is 0 Å². The Balaban J connectivity index is 1.56. The SMILES string of the molecule is O=C(Nc1cccnc1)NC1(c2ccc3c(c2)OCCO3)CCCC1. The van der Waals surface area contributed by atoms with Crippen LogP contribution in [0.4, 0.5) is 10.5 Å². The van der Waals surface area contributed by atoms with E-state index in [1.54, 1.807) is 18.5 Å². The maximum absolute atomic E-state index is 12.5. The number of ether oxygens (including phenoxy) is 2. The van der Waals surface area contributed by atoms with E-state index in [-0.39, 0.29) is 11.6 Å². The number of pyridine rings is 1. The second-order valence-corrected chi connectivity index (χ2v) is 6.47. The Labute approximate surface area is 146 Å². The van der Waals surface area contributed by atoms with E-state index in [2.05, 4.69) is 15.6 Å². The smallest absolute Gasteiger partial charge is 0.319 e. The van der Waals surface area contributed by atoms with E-state index in [0.29, 0.717) is 18.9 Å². The summed E-state index contributed by atoms with van der Waals surface area (Å²) >= 11 is 0. The van der Waals surface area contributed by atoms with Crippen molar-refractivity contribution in [1.29, 1.82) is 0 Å². The van der Waals surface area contributed by atoms with Crippen LogP contribution in [0.1, 0.15) is 31.2 Å². The van der Waals surface area contributed by atoms with E-state index in [9.17, 15) is 4.79 Å². The molecule has 0 atom stereocenters. The summed E-state index contributed by atoms with van der Waals surface area (Å²) < 4.78 is 11.3. The minimum absolute atomic E-state index is 0.218. The molecule has 0 bridgehead atoms. The van der Waals surface area contributed by atoms with E-state index < -0.39 is 0 Å². The third-order valence-corrected chi connectivity index (χ3v) is 4.82. The minimum atomic E-state index is -0.373. The third kappa shape index (κ3) is 3.24. The van der Waals surface area contributed by atoms with Crippen molar-refractivity contribution in [2.75, 3.05) is 18.5 Å². The van der Waals surface area contributed by atoms with Gasteiger partial charge in [0.2, 0.25) is 0 Å². The molecule has 25 heavy (non-hydrogen) atoms. The Kier molecular flexibility index (Phi) is 4.17. The first-order valence-corrected chi connectivity index (χ1v) is 8.65. The number of urea groups is 1. The fourth-order valence-corrected chi connectivity index (χ4v) is 3.62. The van der Waals surface area contributed by atoms with Crippen molar-refractivity contribution in [1.82, 2.24) is 10.3 Å². The Morgan fingerprint density at radius 2 is 1.88 bits per heavy atom. The molecule has 2 amide bonds. The summed E-state index contributed by atoms with van der Waals surface area (Å²) in [5, 5.41) is 6.05. The lowest BCUT2D eigenvalue weighted by molar-refractivity contribution is 0.171. The molecule has 1 saturated carbocycles. The fourth-order valence-electron chi connectivity index (χ4n) is 3.62. The fraction of sp³-hybridized carbons (Fsp3) is 0.368. The Hall–Kier alpha value is -2.76. The van der Waals surface area contributed by atoms with Gasteiger partial charge in [0, 0.05) is 6.20 Å². The zero-order valence-corrected chi connectivity index (χ0v) is 14.0. The van der Waals surface area contributed by atoms with Gasteiger partial charge in [-0.2, -0.15) is 0 Å². The van der Waals surface area contributed by atoms with Crippen LogP contribution in [-0.2, 0) is 5.54 Å². The summed E-state index contributed by atoms with van der Waals surface area (Å²) in [5.41, 5.74) is 1.37. The van der Waals surface area contributed by atoms with E-state index in [1.807, 2.05) is 24.3 Å². The van der Waals surface area contributed by atoms with Crippen LogP contribution in [0.2, 0.25) is 0 Å². The van der Waals surface area contributed by atoms with Crippen LogP contribution in [0, 0.1) is 0 Å². The first kappa shape index (κ1) is 15.7. The van der Waals surface area contributed by atoms with Gasteiger partial charge in [0.25, 0.3) is 0 Å². The van der Waals surface area contributed by atoms with Gasteiger partial charge in [-0.15, -0.1) is 0 Å². The van der Waals surface area contributed by atoms with Crippen molar-refractivity contribution >= 4 is 11.7 Å². The van der Waals surface area contributed by atoms with Gasteiger partial charge in [-0.25, -0.2) is 4.79 Å². The summed E-state index contributed by atoms with van der Waals surface area (Å²) in [6.45, 7) is 1.13. The standard InChI is InChI=1S/C19H21N3O3/c23-18(21-15-4-3-9-20-13-15)22-19(7-1-2-8-19)14-5-6-16-17(12-14)25-11-10-24-16/h3-6,9,12-13H,1-2,7-8,10-11H2,(H2,21,22,23). The van der Waals surface area contributed by atoms with Crippen molar-refractivity contribution < 1.29 is 14.3 Å². The lowest BCUT2D eigenvalue weighted by atomic mass is 9.88. The van der Waals surface area contributed by atoms with Gasteiger partial charge in [-0.05, 0) is 42.7 Å². The van der Waals surface area contributed by atoms with Crippen molar-refractivity contribution in [3.05, 3.63) is 48.3 Å². The largest absolute Gasteiger partial charge is 0.486 e. The second kappa shape index (κ2) is 6.63. The van der Waals surface area contributed by atoms with Crippen LogP contribution in [0.15, 0.2) is 42.7 Å². The number of rotatable bonds is 3. The molecule has 1 aromatic heterocycles. The van der Waals surface area contributed by atoms with Crippen LogP contribution in [-0.4, -0.2) is 24.2 Å². The molecule has 4 rings (SSSR count). The average Bonchev–Trinajstić information content (AvgIpc) is 3.11. The quantitative estimate of drug-likeness (QED) is 0.898. The molecular weight excluding hydrogens is 318 g/mol. The highest BCUT2D eigenvalue weighted by molar-refractivity contribution is 5.89. The first-order valence-electron chi connectivity index (χ1n) is 8.65. The summed E-state index contributed by atoms with van der Waals surface area (Å²) in [6, 6.07) is 9.36. The number of fused-ring (bicyclic) bond motifs is 1. The molecular formula is C19H21N3O3. The van der Waals surface area contributed by atoms with Gasteiger partial charge in [-0.1, -0.05) is 18.9 Å². The molecule has 2 heterocycles. The monoisotopic (exact) mass is 339 g/mol. The Bertz CT molecular complexity index is 758. The molecule has 1 aromatic carbocycles. The molecule has 2 aromatic rings. The molecule has 0 saturated heterocycles. The molecule has 1 aliphatic carbocycles. The predicted octanol–water partition coefficient (Wildman–Crippen LogP) is 3.44. The van der Waals surface area contributed by atoms with Gasteiger partial charge >= 0.3 is 6.03 Å². The van der Waals surface area contributed by atoms with Crippen molar-refractivity contribution in [2.45, 2.75) is 31.2 Å². The Morgan fingerprint density at radius 1 is 1.08 bits per heavy atom. The molecule has 2 aliphatic rings. The average molecular weight is 339 g/mol. The van der Waals surface area contributed by atoms with E-state index in [1.165, 1.54) is 0 Å². The zero-order valence-electron chi connectivity index (χ0n) is 14.0. The normalized spacial score (nSPS) is 17.8. The topological polar surface area (TPSA) is 72.5 Å². The van der Waals surface area contributed by atoms with Gasteiger partial charge in [0.1, 0.15) is 13.2 Å². The van der Waals surface area contributed by atoms with Gasteiger partial charge < -0.3 is 20.1 Å². The number of carbonyl (C=O) groups excluding carboxylic acids is 1. The predicted molar refractivity (Wildman–Crippen MR) is 94.0 cm³/mol. The van der Waals surface area contributed by atoms with Crippen molar-refractivity contribution in [2.24, 2.45) is 0 Å². The first-order chi connectivity index (χ1) is 12.3. The van der Waals surface area contributed by atoms with Crippen molar-refractivity contribution in [3.8, 4) is 11.5 Å². The molecule has 1 fully saturated rings. The van der Waals surface area contributed by atoms with Gasteiger partial charge in [0.15, 0.2) is 11.5 Å². The molecule has 0 radical (unpaired) electrons. The lowest BCUT2D eigenvalue weighted by Gasteiger charge is -2.32. The van der Waals surface area contributed by atoms with Crippen LogP contribution in [0.25, 0.3) is 0 Å². The number of hydrogen-bond donors (Lipinski definition) is 2. The zero-order chi connectivity index (χ0) is 17.1. The second-order valence-electron chi connectivity index (χ2n) is 6.47. The summed E-state index contributed by atoms with van der Waals surface area (Å²) in [7, 11) is 0. The number of benzene rings is 1. The summed E-state index contributed by atoms with van der Waals surface area (Å²) in [6.07, 6.45) is 7.30. The van der Waals surface area contributed by atoms with E-state index in [4.69, 9.17) is 9.47 Å². The Morgan fingerprint density at radius 3 is 2.64 bits per heavy atom. The van der Waals surface area contributed by atoms with Crippen LogP contribution in [0.3, 0.4) is 0 Å². The molecule has 1 aliphatic heterocycles. The van der Waals surface area contributed by atoms with Gasteiger partial charge in [-0.3, -0.25) is 4.98 Å². The number of aromatic nitrogens is 1. The maximum Gasteiger partial charge on any atom is 0.319 e. The highest BCUT2D eigenvalue weighted by Gasteiger charge is 2.38. The molecule has 6 nitrogen and oxygen atoms in total. The number of amides is 2. The van der Waals surface area contributed by atoms with E-state index in [0.717, 1.165) is 42.7 Å². The van der Waals surface area contributed by atoms with Crippen LogP contribution in [0.5, 0.6) is 11.5 Å². The maximum atomic E-state index is 12.5. The molecule has 130 valence electrons. The minimum Gasteiger partial charge on any atom is -0.486 e. The number of nitrogens with zero attached hydrogens (tertiary/aromatic N) is 1. The number of anilines is 1. The highest BCUT2D eigenvalue weighted by Crippen LogP contribution is 2.42. The van der Waals surface area contributed by atoms with Crippen LogP contribution < -0.4 is 20.1 Å². The molecule has 6 heteroatoms. The number of hydrogen-bond acceptors (Lipinski definition) is 4. The summed E-state index contributed by atoms with van der Waals surface area (Å²) in [4.78, 5) is 16.6. The molecule has 0 unspecified atom stereocenters. The molecule has 0 spiro atoms. The van der Waals surface area contributed by atoms with Crippen molar-refractivity contribution in [3.63, 3.8) is 0 Å². The molecule has 2 N–H and O–H groups in total. The number of carbonyl (C=O) groups is 1.